The van der Waals surface area contributed by atoms with Crippen molar-refractivity contribution in [2.24, 2.45) is 0 Å². The molecule has 0 aromatic heterocycles. The second-order valence-electron chi connectivity index (χ2n) is 4.94. The number of rotatable bonds is 3. The summed E-state index contributed by atoms with van der Waals surface area (Å²) in [6, 6.07) is 16.2. The third-order valence-electron chi connectivity index (χ3n) is 3.26. The van der Waals surface area contributed by atoms with Crippen LogP contribution < -0.4 is 5.32 Å². The summed E-state index contributed by atoms with van der Waals surface area (Å²) in [5, 5.41) is 2.65. The van der Waals surface area contributed by atoms with E-state index >= 15 is 0 Å². The maximum Gasteiger partial charge on any atom is 0.251 e. The smallest absolute Gasteiger partial charge is 0.251 e. The average molecular weight is 253 g/mol. The van der Waals surface area contributed by atoms with Crippen molar-refractivity contribution >= 4 is 5.91 Å². The molecule has 98 valence electrons. The first-order chi connectivity index (χ1) is 9.11. The van der Waals surface area contributed by atoms with Crippen molar-refractivity contribution in [3.8, 4) is 11.1 Å². The minimum atomic E-state index is -0.0550. The first kappa shape index (κ1) is 13.3. The zero-order valence-corrected chi connectivity index (χ0v) is 11.6. The molecule has 0 unspecified atom stereocenters. The minimum absolute atomic E-state index is 0.0550. The monoisotopic (exact) mass is 253 g/mol. The Kier molecular flexibility index (Phi) is 4.00. The van der Waals surface area contributed by atoms with Gasteiger partial charge < -0.3 is 5.32 Å². The number of amides is 1. The SMILES string of the molecule is CNC(=O)c1cccc(-c2ccc(C(C)C)cc2)c1. The standard InChI is InChI=1S/C17H19NO/c1-12(2)13-7-9-14(10-8-13)15-5-4-6-16(11-15)17(19)18-3/h4-12H,1-3H3,(H,18,19). The number of hydrogen-bond acceptors (Lipinski definition) is 1. The van der Waals surface area contributed by atoms with Crippen molar-refractivity contribution in [1.82, 2.24) is 5.32 Å². The summed E-state index contributed by atoms with van der Waals surface area (Å²) in [6.07, 6.45) is 0. The van der Waals surface area contributed by atoms with Gasteiger partial charge in [-0.05, 0) is 34.7 Å². The van der Waals surface area contributed by atoms with Crippen LogP contribution in [0.25, 0.3) is 11.1 Å². The molecule has 19 heavy (non-hydrogen) atoms. The maximum absolute atomic E-state index is 11.6. The highest BCUT2D eigenvalue weighted by Crippen LogP contribution is 2.23. The van der Waals surface area contributed by atoms with Gasteiger partial charge in [-0.1, -0.05) is 50.2 Å². The van der Waals surface area contributed by atoms with Crippen LogP contribution in [0.2, 0.25) is 0 Å². The Balaban J connectivity index is 2.33. The van der Waals surface area contributed by atoms with Gasteiger partial charge in [0, 0.05) is 12.6 Å². The van der Waals surface area contributed by atoms with E-state index in [2.05, 4.69) is 43.4 Å². The van der Waals surface area contributed by atoms with Gasteiger partial charge in [0.25, 0.3) is 5.91 Å². The Hall–Kier alpha value is -2.09. The Morgan fingerprint density at radius 1 is 1.00 bits per heavy atom. The number of nitrogens with one attached hydrogen (secondary N) is 1. The molecule has 0 saturated carbocycles. The van der Waals surface area contributed by atoms with Gasteiger partial charge in [-0.3, -0.25) is 4.79 Å². The number of carbonyl (C=O) groups excluding carboxylic acids is 1. The molecule has 0 radical (unpaired) electrons. The second-order valence-corrected chi connectivity index (χ2v) is 4.94. The molecule has 2 aromatic rings. The van der Waals surface area contributed by atoms with Crippen LogP contribution in [0.1, 0.15) is 35.7 Å². The summed E-state index contributed by atoms with van der Waals surface area (Å²) in [5.74, 6) is 0.479. The second kappa shape index (κ2) is 5.70. The highest BCUT2D eigenvalue weighted by Gasteiger charge is 2.05. The molecule has 0 aliphatic carbocycles. The lowest BCUT2D eigenvalue weighted by atomic mass is 9.98. The van der Waals surface area contributed by atoms with Crippen molar-refractivity contribution in [3.05, 3.63) is 59.7 Å². The highest BCUT2D eigenvalue weighted by molar-refractivity contribution is 5.95. The lowest BCUT2D eigenvalue weighted by Gasteiger charge is -2.08. The van der Waals surface area contributed by atoms with Gasteiger partial charge in [0.05, 0.1) is 0 Å². The first-order valence-electron chi connectivity index (χ1n) is 6.54. The van der Waals surface area contributed by atoms with Gasteiger partial charge in [-0.25, -0.2) is 0 Å². The number of benzene rings is 2. The third kappa shape index (κ3) is 3.02. The fourth-order valence-electron chi connectivity index (χ4n) is 2.04. The fraction of sp³-hybridized carbons (Fsp3) is 0.235. The van der Waals surface area contributed by atoms with Crippen LogP contribution in [0.4, 0.5) is 0 Å². The Morgan fingerprint density at radius 2 is 1.68 bits per heavy atom. The molecule has 2 rings (SSSR count). The Morgan fingerprint density at radius 3 is 2.26 bits per heavy atom. The molecule has 1 N–H and O–H groups in total. The molecule has 0 bridgehead atoms. The summed E-state index contributed by atoms with van der Waals surface area (Å²) >= 11 is 0. The van der Waals surface area contributed by atoms with Gasteiger partial charge in [0.1, 0.15) is 0 Å². The van der Waals surface area contributed by atoms with Crippen molar-refractivity contribution in [3.63, 3.8) is 0 Å². The lowest BCUT2D eigenvalue weighted by molar-refractivity contribution is 0.0963. The van der Waals surface area contributed by atoms with Gasteiger partial charge in [-0.2, -0.15) is 0 Å². The fourth-order valence-corrected chi connectivity index (χ4v) is 2.04. The number of carbonyl (C=O) groups is 1. The predicted molar refractivity (Wildman–Crippen MR) is 79.4 cm³/mol. The summed E-state index contributed by atoms with van der Waals surface area (Å²) < 4.78 is 0. The molecule has 0 fully saturated rings. The zero-order chi connectivity index (χ0) is 13.8. The van der Waals surface area contributed by atoms with Crippen LogP contribution in [-0.2, 0) is 0 Å². The summed E-state index contributed by atoms with van der Waals surface area (Å²) in [4.78, 5) is 11.6. The number of hydrogen-bond donors (Lipinski definition) is 1. The van der Waals surface area contributed by atoms with Gasteiger partial charge in [-0.15, -0.1) is 0 Å². The van der Waals surface area contributed by atoms with Crippen molar-refractivity contribution < 1.29 is 4.79 Å². The Labute approximate surface area is 114 Å². The topological polar surface area (TPSA) is 29.1 Å². The van der Waals surface area contributed by atoms with Crippen LogP contribution in [0.5, 0.6) is 0 Å². The van der Waals surface area contributed by atoms with E-state index < -0.39 is 0 Å². The molecule has 0 saturated heterocycles. The predicted octanol–water partition coefficient (Wildman–Crippen LogP) is 3.84. The van der Waals surface area contributed by atoms with Crippen LogP contribution in [0, 0.1) is 0 Å². The molecule has 2 aromatic carbocycles. The maximum atomic E-state index is 11.6. The minimum Gasteiger partial charge on any atom is -0.355 e. The van der Waals surface area contributed by atoms with E-state index in [-0.39, 0.29) is 5.91 Å². The molecule has 0 atom stereocenters. The van der Waals surface area contributed by atoms with Gasteiger partial charge in [0.2, 0.25) is 0 Å². The molecule has 0 aliphatic heterocycles. The highest BCUT2D eigenvalue weighted by atomic mass is 16.1. The molecule has 0 heterocycles. The van der Waals surface area contributed by atoms with E-state index in [9.17, 15) is 4.79 Å². The molecule has 0 spiro atoms. The molecular formula is C17H19NO. The van der Waals surface area contributed by atoms with Crippen LogP contribution >= 0.6 is 0 Å². The quantitative estimate of drug-likeness (QED) is 0.884. The zero-order valence-electron chi connectivity index (χ0n) is 11.6. The molecule has 0 aliphatic rings. The van der Waals surface area contributed by atoms with E-state index in [4.69, 9.17) is 0 Å². The lowest BCUT2D eigenvalue weighted by Crippen LogP contribution is -2.17. The van der Waals surface area contributed by atoms with Gasteiger partial charge >= 0.3 is 0 Å². The van der Waals surface area contributed by atoms with Crippen molar-refractivity contribution in [2.45, 2.75) is 19.8 Å². The average Bonchev–Trinajstić information content (AvgIpc) is 2.46. The van der Waals surface area contributed by atoms with Crippen LogP contribution in [0.3, 0.4) is 0 Å². The van der Waals surface area contributed by atoms with Crippen LogP contribution in [0.15, 0.2) is 48.5 Å². The van der Waals surface area contributed by atoms with E-state index in [1.807, 2.05) is 24.3 Å². The Bertz CT molecular complexity index is 570. The van der Waals surface area contributed by atoms with Crippen molar-refractivity contribution in [2.75, 3.05) is 7.05 Å². The largest absolute Gasteiger partial charge is 0.355 e. The van der Waals surface area contributed by atoms with Crippen LogP contribution in [-0.4, -0.2) is 13.0 Å². The summed E-state index contributed by atoms with van der Waals surface area (Å²) in [6.45, 7) is 4.36. The summed E-state index contributed by atoms with van der Waals surface area (Å²) in [5.41, 5.74) is 4.21. The van der Waals surface area contributed by atoms with E-state index in [0.29, 0.717) is 11.5 Å². The molecule has 1 amide bonds. The van der Waals surface area contributed by atoms with Gasteiger partial charge in [0.15, 0.2) is 0 Å². The van der Waals surface area contributed by atoms with E-state index in [0.717, 1.165) is 11.1 Å². The first-order valence-corrected chi connectivity index (χ1v) is 6.54. The molecule has 2 heteroatoms. The van der Waals surface area contributed by atoms with E-state index in [1.54, 1.807) is 7.05 Å². The summed E-state index contributed by atoms with van der Waals surface area (Å²) in [7, 11) is 1.65. The van der Waals surface area contributed by atoms with E-state index in [1.165, 1.54) is 5.56 Å². The van der Waals surface area contributed by atoms with Crippen molar-refractivity contribution in [1.29, 1.82) is 0 Å². The molecule has 2 nitrogen and oxygen atoms in total. The molecular weight excluding hydrogens is 234 g/mol. The normalized spacial score (nSPS) is 10.5. The third-order valence-corrected chi connectivity index (χ3v) is 3.26.